The summed E-state index contributed by atoms with van der Waals surface area (Å²) in [5, 5.41) is 5.67. The number of carbonyl (C=O) groups is 2. The molecule has 0 bridgehead atoms. The van der Waals surface area contributed by atoms with E-state index in [4.69, 9.17) is 4.74 Å². The second kappa shape index (κ2) is 8.53. The number of amides is 2. The van der Waals surface area contributed by atoms with Gasteiger partial charge in [0.15, 0.2) is 5.06 Å². The molecule has 30 heavy (non-hydrogen) atoms. The molecule has 1 saturated heterocycles. The summed E-state index contributed by atoms with van der Waals surface area (Å²) in [6.45, 7) is 5.56. The normalized spacial score (nSPS) is 15.7. The van der Waals surface area contributed by atoms with Crippen molar-refractivity contribution in [1.82, 2.24) is 10.0 Å². The number of thiophene rings is 1. The number of aryl methyl sites for hydroxylation is 1. The Kier molecular flexibility index (Phi) is 6.41. The molecular formula is C18H21BrN4O5S2. The van der Waals surface area contributed by atoms with Gasteiger partial charge in [0.25, 0.3) is 0 Å². The van der Waals surface area contributed by atoms with Crippen molar-refractivity contribution >= 4 is 60.9 Å². The SMILES string of the molecule is Cc1cc(NC(=O)C(C)(C)NC(=O)Oc2ccc(Br)s2)ccc1N1CCNS1(=O)=O. The van der Waals surface area contributed by atoms with E-state index >= 15 is 0 Å². The summed E-state index contributed by atoms with van der Waals surface area (Å²) in [4.78, 5) is 24.8. The highest BCUT2D eigenvalue weighted by atomic mass is 79.9. The standard InChI is InChI=1S/C18H21BrN4O5S2/c1-11-10-12(4-5-13(11)23-9-8-20-30(23,26)27)21-16(24)18(2,3)22-17(25)28-15-7-6-14(19)29-15/h4-7,10,20H,8-9H2,1-3H3,(H,21,24)(H,22,25). The van der Waals surface area contributed by atoms with E-state index in [1.807, 2.05) is 0 Å². The Labute approximate surface area is 187 Å². The van der Waals surface area contributed by atoms with Gasteiger partial charge < -0.3 is 15.4 Å². The zero-order valence-electron chi connectivity index (χ0n) is 16.5. The number of halogens is 1. The predicted molar refractivity (Wildman–Crippen MR) is 119 cm³/mol. The quantitative estimate of drug-likeness (QED) is 0.564. The molecule has 0 atom stereocenters. The van der Waals surface area contributed by atoms with E-state index in [2.05, 4.69) is 31.3 Å². The highest BCUT2D eigenvalue weighted by Crippen LogP contribution is 2.29. The summed E-state index contributed by atoms with van der Waals surface area (Å²) in [5.74, 6) is -0.450. The van der Waals surface area contributed by atoms with Crippen molar-refractivity contribution in [3.63, 3.8) is 0 Å². The van der Waals surface area contributed by atoms with E-state index in [-0.39, 0.29) is 0 Å². The van der Waals surface area contributed by atoms with Crippen LogP contribution in [0.4, 0.5) is 16.2 Å². The van der Waals surface area contributed by atoms with Crippen molar-refractivity contribution in [2.75, 3.05) is 22.7 Å². The summed E-state index contributed by atoms with van der Waals surface area (Å²) < 4.78 is 33.8. The number of nitrogens with zero attached hydrogens (tertiary/aromatic N) is 1. The molecule has 1 aliphatic heterocycles. The molecule has 162 valence electrons. The molecule has 2 amide bonds. The first-order valence-corrected chi connectivity index (χ1v) is 12.0. The molecule has 12 heteroatoms. The first kappa shape index (κ1) is 22.5. The maximum Gasteiger partial charge on any atom is 0.414 e. The monoisotopic (exact) mass is 516 g/mol. The van der Waals surface area contributed by atoms with Crippen LogP contribution in [0.15, 0.2) is 34.1 Å². The predicted octanol–water partition coefficient (Wildman–Crippen LogP) is 2.98. The van der Waals surface area contributed by atoms with Crippen LogP contribution in [0.5, 0.6) is 5.06 Å². The Balaban J connectivity index is 1.65. The zero-order valence-corrected chi connectivity index (χ0v) is 19.7. The van der Waals surface area contributed by atoms with Gasteiger partial charge in [0.1, 0.15) is 5.54 Å². The number of ether oxygens (including phenoxy) is 1. The Morgan fingerprint density at radius 3 is 2.57 bits per heavy atom. The van der Waals surface area contributed by atoms with Gasteiger partial charge >= 0.3 is 16.3 Å². The number of benzene rings is 1. The first-order valence-electron chi connectivity index (χ1n) is 8.93. The fourth-order valence-corrected chi connectivity index (χ4v) is 5.30. The maximum atomic E-state index is 12.7. The average Bonchev–Trinajstić information content (AvgIpc) is 3.19. The van der Waals surface area contributed by atoms with Crippen molar-refractivity contribution in [2.24, 2.45) is 0 Å². The Morgan fingerprint density at radius 2 is 2.00 bits per heavy atom. The zero-order chi connectivity index (χ0) is 22.1. The molecule has 3 rings (SSSR count). The van der Waals surface area contributed by atoms with Crippen molar-refractivity contribution < 1.29 is 22.7 Å². The molecule has 2 aromatic rings. The molecule has 0 radical (unpaired) electrons. The smallest absolute Gasteiger partial charge is 0.399 e. The third-order valence-corrected chi connectivity index (χ3v) is 7.37. The lowest BCUT2D eigenvalue weighted by Crippen LogP contribution is -2.53. The van der Waals surface area contributed by atoms with Gasteiger partial charge in [-0.1, -0.05) is 11.3 Å². The van der Waals surface area contributed by atoms with E-state index in [1.165, 1.54) is 15.6 Å². The van der Waals surface area contributed by atoms with Gasteiger partial charge in [-0.25, -0.2) is 4.79 Å². The molecule has 3 N–H and O–H groups in total. The van der Waals surface area contributed by atoms with Gasteiger partial charge in [-0.3, -0.25) is 9.10 Å². The third-order valence-electron chi connectivity index (χ3n) is 4.34. The summed E-state index contributed by atoms with van der Waals surface area (Å²) in [6, 6.07) is 8.32. The average molecular weight is 517 g/mol. The molecule has 1 aromatic carbocycles. The fourth-order valence-electron chi connectivity index (χ4n) is 2.81. The second-order valence-corrected chi connectivity index (χ2v) is 11.2. The maximum absolute atomic E-state index is 12.7. The van der Waals surface area contributed by atoms with Crippen LogP contribution in [0.1, 0.15) is 19.4 Å². The van der Waals surface area contributed by atoms with Gasteiger partial charge in [-0.2, -0.15) is 13.1 Å². The molecule has 0 spiro atoms. The van der Waals surface area contributed by atoms with Crippen LogP contribution >= 0.6 is 27.3 Å². The lowest BCUT2D eigenvalue weighted by Gasteiger charge is -2.25. The van der Waals surface area contributed by atoms with Crippen molar-refractivity contribution in [3.8, 4) is 5.06 Å². The minimum atomic E-state index is -3.53. The van der Waals surface area contributed by atoms with Gasteiger partial charge in [-0.05, 0) is 72.6 Å². The van der Waals surface area contributed by atoms with E-state index in [9.17, 15) is 18.0 Å². The van der Waals surface area contributed by atoms with Gasteiger partial charge in [0.05, 0.1) is 9.47 Å². The van der Waals surface area contributed by atoms with Crippen molar-refractivity contribution in [2.45, 2.75) is 26.3 Å². The van der Waals surface area contributed by atoms with Crippen LogP contribution in [0.2, 0.25) is 0 Å². The highest BCUT2D eigenvalue weighted by Gasteiger charge is 2.32. The van der Waals surface area contributed by atoms with Crippen LogP contribution in [0.25, 0.3) is 0 Å². The molecule has 0 aliphatic carbocycles. The number of nitrogens with one attached hydrogen (secondary N) is 3. The number of carbonyl (C=O) groups excluding carboxylic acids is 2. The van der Waals surface area contributed by atoms with Crippen LogP contribution in [0, 0.1) is 6.92 Å². The van der Waals surface area contributed by atoms with E-state index in [1.54, 1.807) is 51.1 Å². The largest absolute Gasteiger partial charge is 0.414 e. The van der Waals surface area contributed by atoms with Gasteiger partial charge in [0, 0.05) is 18.8 Å². The van der Waals surface area contributed by atoms with Crippen LogP contribution in [-0.2, 0) is 15.0 Å². The van der Waals surface area contributed by atoms with Crippen molar-refractivity contribution in [3.05, 3.63) is 39.7 Å². The second-order valence-electron chi connectivity index (χ2n) is 7.12. The minimum Gasteiger partial charge on any atom is -0.399 e. The summed E-state index contributed by atoms with van der Waals surface area (Å²) in [7, 11) is -3.53. The fraction of sp³-hybridized carbons (Fsp3) is 0.333. The molecule has 2 heterocycles. The molecule has 1 aliphatic rings. The van der Waals surface area contributed by atoms with Crippen LogP contribution < -0.4 is 24.4 Å². The molecule has 1 aromatic heterocycles. The third kappa shape index (κ3) is 5.12. The topological polar surface area (TPSA) is 117 Å². The molecule has 0 unspecified atom stereocenters. The molecular weight excluding hydrogens is 496 g/mol. The Bertz CT molecular complexity index is 1080. The Morgan fingerprint density at radius 1 is 1.27 bits per heavy atom. The van der Waals surface area contributed by atoms with E-state index < -0.39 is 27.7 Å². The molecule has 0 saturated carbocycles. The summed E-state index contributed by atoms with van der Waals surface area (Å²) >= 11 is 4.53. The first-order chi connectivity index (χ1) is 14.0. The lowest BCUT2D eigenvalue weighted by molar-refractivity contribution is -0.121. The highest BCUT2D eigenvalue weighted by molar-refractivity contribution is 9.11. The molecule has 9 nitrogen and oxygen atoms in total. The molecule has 1 fully saturated rings. The van der Waals surface area contributed by atoms with E-state index in [0.29, 0.717) is 35.1 Å². The number of hydrogen-bond donors (Lipinski definition) is 3. The van der Waals surface area contributed by atoms with Crippen LogP contribution in [0.3, 0.4) is 0 Å². The number of anilines is 2. The van der Waals surface area contributed by atoms with Crippen molar-refractivity contribution in [1.29, 1.82) is 0 Å². The van der Waals surface area contributed by atoms with E-state index in [0.717, 1.165) is 3.79 Å². The summed E-state index contributed by atoms with van der Waals surface area (Å²) in [6.07, 6.45) is -0.747. The van der Waals surface area contributed by atoms with Crippen LogP contribution in [-0.4, -0.2) is 39.0 Å². The number of rotatable bonds is 5. The van der Waals surface area contributed by atoms with Gasteiger partial charge in [0.2, 0.25) is 5.91 Å². The minimum absolute atomic E-state index is 0.342. The van der Waals surface area contributed by atoms with Gasteiger partial charge in [-0.15, -0.1) is 0 Å². The number of hydrogen-bond acceptors (Lipinski definition) is 6. The lowest BCUT2D eigenvalue weighted by atomic mass is 10.0. The summed E-state index contributed by atoms with van der Waals surface area (Å²) in [5.41, 5.74) is 0.464. The Hall–Kier alpha value is -2.15.